The molecule has 1 amide bonds. The summed E-state index contributed by atoms with van der Waals surface area (Å²) in [6, 6.07) is 3.34. The van der Waals surface area contributed by atoms with Crippen LogP contribution in [0.3, 0.4) is 0 Å². The standard InChI is InChI=1S/C10H15N3O4S/c14-10(13-9-1-4-11-5-2-9)3-6-12-7-8-18(15,16)17/h1-2,4-5,12H,3,6-8H2,(H,11,13,14)(H,15,16,17). The van der Waals surface area contributed by atoms with Crippen LogP contribution in [0.15, 0.2) is 24.5 Å². The maximum atomic E-state index is 11.4. The highest BCUT2D eigenvalue weighted by atomic mass is 32.2. The molecular formula is C10H15N3O4S. The molecule has 0 radical (unpaired) electrons. The summed E-state index contributed by atoms with van der Waals surface area (Å²) < 4.78 is 29.3. The van der Waals surface area contributed by atoms with Crippen LogP contribution in [0.5, 0.6) is 0 Å². The van der Waals surface area contributed by atoms with Crippen molar-refractivity contribution in [3.63, 3.8) is 0 Å². The first-order valence-electron chi connectivity index (χ1n) is 5.33. The molecule has 0 fully saturated rings. The molecule has 0 aliphatic carbocycles. The molecule has 0 bridgehead atoms. The molecule has 1 rings (SSSR count). The topological polar surface area (TPSA) is 108 Å². The van der Waals surface area contributed by atoms with E-state index in [1.807, 2.05) is 0 Å². The molecule has 0 aliphatic heterocycles. The van der Waals surface area contributed by atoms with Gasteiger partial charge < -0.3 is 10.6 Å². The number of aromatic nitrogens is 1. The van der Waals surface area contributed by atoms with Crippen LogP contribution < -0.4 is 10.6 Å². The molecule has 1 aromatic rings. The number of nitrogens with one attached hydrogen (secondary N) is 2. The molecule has 1 aromatic heterocycles. The van der Waals surface area contributed by atoms with Crippen LogP contribution in [0.1, 0.15) is 6.42 Å². The number of hydrogen-bond donors (Lipinski definition) is 3. The van der Waals surface area contributed by atoms with E-state index in [0.717, 1.165) is 0 Å². The van der Waals surface area contributed by atoms with E-state index in [1.165, 1.54) is 0 Å². The summed E-state index contributed by atoms with van der Waals surface area (Å²) in [4.78, 5) is 15.3. The highest BCUT2D eigenvalue weighted by molar-refractivity contribution is 7.85. The van der Waals surface area contributed by atoms with E-state index in [1.54, 1.807) is 24.5 Å². The summed E-state index contributed by atoms with van der Waals surface area (Å²) in [5.74, 6) is -0.542. The van der Waals surface area contributed by atoms with Crippen molar-refractivity contribution in [2.24, 2.45) is 0 Å². The van der Waals surface area contributed by atoms with E-state index in [-0.39, 0.29) is 24.6 Å². The van der Waals surface area contributed by atoms with Crippen LogP contribution in [-0.2, 0) is 14.9 Å². The Morgan fingerprint density at radius 3 is 2.56 bits per heavy atom. The van der Waals surface area contributed by atoms with Gasteiger partial charge in [-0.1, -0.05) is 0 Å². The summed E-state index contributed by atoms with van der Waals surface area (Å²) in [6.07, 6.45) is 3.35. The van der Waals surface area contributed by atoms with Crippen molar-refractivity contribution in [3.05, 3.63) is 24.5 Å². The van der Waals surface area contributed by atoms with Crippen molar-refractivity contribution in [2.75, 3.05) is 24.2 Å². The SMILES string of the molecule is O=C(CCNCCS(=O)(=O)O)Nc1ccncc1. The number of hydrogen-bond acceptors (Lipinski definition) is 5. The first-order chi connectivity index (χ1) is 8.47. The fourth-order valence-electron chi connectivity index (χ4n) is 1.19. The lowest BCUT2D eigenvalue weighted by Crippen LogP contribution is -2.26. The zero-order chi connectivity index (χ0) is 13.4. The van der Waals surface area contributed by atoms with Crippen molar-refractivity contribution in [2.45, 2.75) is 6.42 Å². The smallest absolute Gasteiger partial charge is 0.266 e. The van der Waals surface area contributed by atoms with E-state index < -0.39 is 10.1 Å². The molecule has 0 saturated carbocycles. The van der Waals surface area contributed by atoms with Gasteiger partial charge in [-0.3, -0.25) is 14.3 Å². The summed E-state index contributed by atoms with van der Waals surface area (Å²) in [7, 11) is -3.94. The number of carbonyl (C=O) groups excluding carboxylic acids is 1. The van der Waals surface area contributed by atoms with Gasteiger partial charge in [0, 0.05) is 37.6 Å². The van der Waals surface area contributed by atoms with E-state index in [0.29, 0.717) is 12.2 Å². The van der Waals surface area contributed by atoms with Crippen LogP contribution in [0.25, 0.3) is 0 Å². The Hall–Kier alpha value is -1.51. The first kappa shape index (κ1) is 14.6. The maximum Gasteiger partial charge on any atom is 0.266 e. The predicted molar refractivity (Wildman–Crippen MR) is 66.8 cm³/mol. The van der Waals surface area contributed by atoms with Gasteiger partial charge in [0.1, 0.15) is 0 Å². The van der Waals surface area contributed by atoms with E-state index in [4.69, 9.17) is 4.55 Å². The van der Waals surface area contributed by atoms with Crippen LogP contribution in [0.2, 0.25) is 0 Å². The van der Waals surface area contributed by atoms with Gasteiger partial charge in [0.25, 0.3) is 10.1 Å². The highest BCUT2D eigenvalue weighted by Gasteiger charge is 2.04. The summed E-state index contributed by atoms with van der Waals surface area (Å²) in [6.45, 7) is 0.452. The van der Waals surface area contributed by atoms with Gasteiger partial charge in [-0.05, 0) is 12.1 Å². The predicted octanol–water partition coefficient (Wildman–Crippen LogP) is -0.112. The molecule has 0 aromatic carbocycles. The van der Waals surface area contributed by atoms with Crippen LogP contribution in [0.4, 0.5) is 5.69 Å². The van der Waals surface area contributed by atoms with Gasteiger partial charge in [-0.25, -0.2) is 0 Å². The Balaban J connectivity index is 2.15. The van der Waals surface area contributed by atoms with Crippen molar-refractivity contribution in [1.82, 2.24) is 10.3 Å². The van der Waals surface area contributed by atoms with Gasteiger partial charge in [0.15, 0.2) is 0 Å². The lowest BCUT2D eigenvalue weighted by molar-refractivity contribution is -0.116. The molecule has 0 unspecified atom stereocenters. The molecule has 3 N–H and O–H groups in total. The minimum Gasteiger partial charge on any atom is -0.326 e. The van der Waals surface area contributed by atoms with Crippen LogP contribution in [0, 0.1) is 0 Å². The van der Waals surface area contributed by atoms with Crippen molar-refractivity contribution in [1.29, 1.82) is 0 Å². The van der Waals surface area contributed by atoms with E-state index in [9.17, 15) is 13.2 Å². The largest absolute Gasteiger partial charge is 0.326 e. The molecule has 0 spiro atoms. The Kier molecular flexibility index (Phi) is 5.69. The van der Waals surface area contributed by atoms with Crippen LogP contribution in [-0.4, -0.2) is 42.7 Å². The fourth-order valence-corrected chi connectivity index (χ4v) is 1.59. The normalized spacial score (nSPS) is 11.2. The van der Waals surface area contributed by atoms with Gasteiger partial charge in [0.2, 0.25) is 5.91 Å². The number of carbonyl (C=O) groups is 1. The maximum absolute atomic E-state index is 11.4. The molecule has 8 heteroatoms. The Morgan fingerprint density at radius 1 is 1.28 bits per heavy atom. The molecule has 7 nitrogen and oxygen atoms in total. The molecule has 0 saturated heterocycles. The number of nitrogens with zero attached hydrogens (tertiary/aromatic N) is 1. The number of amides is 1. The summed E-state index contributed by atoms with van der Waals surface area (Å²) in [5.41, 5.74) is 0.660. The van der Waals surface area contributed by atoms with Gasteiger partial charge in [0.05, 0.1) is 5.75 Å². The summed E-state index contributed by atoms with van der Waals surface area (Å²) >= 11 is 0. The van der Waals surface area contributed by atoms with Crippen molar-refractivity contribution in [3.8, 4) is 0 Å². The third-order valence-corrected chi connectivity index (χ3v) is 2.75. The van der Waals surface area contributed by atoms with Gasteiger partial charge in [-0.2, -0.15) is 8.42 Å². The second kappa shape index (κ2) is 7.04. The second-order valence-electron chi connectivity index (χ2n) is 3.57. The first-order valence-corrected chi connectivity index (χ1v) is 6.94. The summed E-state index contributed by atoms with van der Waals surface area (Å²) in [5, 5.41) is 5.41. The molecule has 1 heterocycles. The average Bonchev–Trinajstić information content (AvgIpc) is 2.28. The number of anilines is 1. The van der Waals surface area contributed by atoms with Gasteiger partial charge in [-0.15, -0.1) is 0 Å². The lowest BCUT2D eigenvalue weighted by Gasteiger charge is -2.05. The monoisotopic (exact) mass is 273 g/mol. The zero-order valence-corrected chi connectivity index (χ0v) is 10.5. The molecule has 0 atom stereocenters. The third-order valence-electron chi connectivity index (χ3n) is 2.03. The quantitative estimate of drug-likeness (QED) is 0.472. The van der Waals surface area contributed by atoms with E-state index >= 15 is 0 Å². The third kappa shape index (κ3) is 6.94. The Labute approximate surface area is 105 Å². The lowest BCUT2D eigenvalue weighted by atomic mass is 10.3. The zero-order valence-electron chi connectivity index (χ0n) is 9.67. The minimum absolute atomic E-state index is 0.112. The fraction of sp³-hybridized carbons (Fsp3) is 0.400. The molecule has 100 valence electrons. The Bertz CT molecular complexity index is 475. The van der Waals surface area contributed by atoms with Crippen molar-refractivity contribution < 1.29 is 17.8 Å². The second-order valence-corrected chi connectivity index (χ2v) is 5.14. The van der Waals surface area contributed by atoms with Crippen molar-refractivity contribution >= 4 is 21.7 Å². The number of pyridine rings is 1. The minimum atomic E-state index is -3.94. The Morgan fingerprint density at radius 2 is 1.94 bits per heavy atom. The molecule has 18 heavy (non-hydrogen) atoms. The molecule has 0 aliphatic rings. The van der Waals surface area contributed by atoms with E-state index in [2.05, 4.69) is 15.6 Å². The van der Waals surface area contributed by atoms with Gasteiger partial charge >= 0.3 is 0 Å². The average molecular weight is 273 g/mol. The molecular weight excluding hydrogens is 258 g/mol. The van der Waals surface area contributed by atoms with Crippen LogP contribution >= 0.6 is 0 Å². The highest BCUT2D eigenvalue weighted by Crippen LogP contribution is 2.03. The number of rotatable bonds is 7.